The second-order valence-corrected chi connectivity index (χ2v) is 26.6. The molecule has 19 heteroatoms. The fourth-order valence-corrected chi connectivity index (χ4v) is 12.3. The highest BCUT2D eigenvalue weighted by molar-refractivity contribution is 7.90. The van der Waals surface area contributed by atoms with Gasteiger partial charge in [0.05, 0.1) is 45.8 Å². The van der Waals surface area contributed by atoms with Gasteiger partial charge < -0.3 is 26.2 Å². The molecule has 1 saturated carbocycles. The normalized spacial score (nSPS) is 15.9. The number of aromatic nitrogens is 4. The van der Waals surface area contributed by atoms with Crippen LogP contribution in [-0.4, -0.2) is 105 Å². The van der Waals surface area contributed by atoms with Crippen LogP contribution in [0, 0.1) is 30.1 Å². The number of rotatable bonds is 27. The van der Waals surface area contributed by atoms with Gasteiger partial charge in [0.1, 0.15) is 0 Å². The Hall–Kier alpha value is -6.56. The largest absolute Gasteiger partial charge is 0.476 e. The van der Waals surface area contributed by atoms with Crippen molar-refractivity contribution in [3.8, 4) is 39.5 Å². The van der Waals surface area contributed by atoms with Gasteiger partial charge in [-0.15, -0.1) is 22.7 Å². The molecule has 430 valence electrons. The third-order valence-electron chi connectivity index (χ3n) is 14.9. The van der Waals surface area contributed by atoms with E-state index in [0.717, 1.165) is 126 Å². The zero-order chi connectivity index (χ0) is 57.7. The summed E-state index contributed by atoms with van der Waals surface area (Å²) in [7, 11) is -3.36. The molecule has 0 spiro atoms. The molecule has 0 unspecified atom stereocenters. The van der Waals surface area contributed by atoms with Crippen LogP contribution >= 0.6 is 22.7 Å². The maximum absolute atomic E-state index is 13.7. The summed E-state index contributed by atoms with van der Waals surface area (Å²) < 4.78 is 26.2. The number of thiazole rings is 2. The minimum Gasteiger partial charge on any atom is -0.476 e. The third kappa shape index (κ3) is 17.2. The smallest absolute Gasteiger partial charge is 0.355 e. The average Bonchev–Trinajstić information content (AvgIpc) is 4.01. The molecule has 4 heterocycles. The topological polar surface area (TPSA) is 226 Å². The first-order valence-electron chi connectivity index (χ1n) is 28.3. The van der Waals surface area contributed by atoms with E-state index in [1.807, 2.05) is 98.8 Å². The molecule has 8 rings (SSSR count). The average molecular weight is 1160 g/mol. The number of aliphatic hydroxyl groups is 1. The Morgan fingerprint density at radius 2 is 1.54 bits per heavy atom. The summed E-state index contributed by atoms with van der Waals surface area (Å²) in [6.45, 7) is 9.37. The fourth-order valence-electron chi connectivity index (χ4n) is 10.3. The molecule has 1 saturated heterocycles. The van der Waals surface area contributed by atoms with Crippen LogP contribution in [0.5, 0.6) is 0 Å². The molecule has 0 bridgehead atoms. The Bertz CT molecular complexity index is 3330. The van der Waals surface area contributed by atoms with E-state index in [0.29, 0.717) is 62.8 Å². The van der Waals surface area contributed by atoms with Gasteiger partial charge in [-0.1, -0.05) is 101 Å². The van der Waals surface area contributed by atoms with Crippen molar-refractivity contribution in [2.24, 2.45) is 11.3 Å². The zero-order valence-electron chi connectivity index (χ0n) is 47.1. The maximum atomic E-state index is 13.7. The Labute approximate surface area is 484 Å². The van der Waals surface area contributed by atoms with Gasteiger partial charge in [-0.05, 0) is 111 Å². The summed E-state index contributed by atoms with van der Waals surface area (Å²) in [6.07, 6.45) is 12.3. The summed E-state index contributed by atoms with van der Waals surface area (Å²) in [5.41, 5.74) is 9.59. The number of carbonyl (C=O) groups excluding carboxylic acids is 3. The molecule has 6 aromatic rings. The van der Waals surface area contributed by atoms with Crippen LogP contribution in [0.25, 0.3) is 27.6 Å². The van der Waals surface area contributed by atoms with E-state index in [1.165, 1.54) is 23.0 Å². The summed E-state index contributed by atoms with van der Waals surface area (Å²) in [6, 6.07) is 22.2. The van der Waals surface area contributed by atoms with Gasteiger partial charge in [0.15, 0.2) is 15.5 Å². The molecule has 16 nitrogen and oxygen atoms in total. The molecule has 81 heavy (non-hydrogen) atoms. The number of carboxylic acids is 1. The molecule has 3 aromatic heterocycles. The molecule has 0 radical (unpaired) electrons. The summed E-state index contributed by atoms with van der Waals surface area (Å²) in [4.78, 5) is 63.7. The number of aliphatic hydroxyl groups excluding tert-OH is 1. The van der Waals surface area contributed by atoms with Crippen molar-refractivity contribution >= 4 is 56.2 Å². The van der Waals surface area contributed by atoms with E-state index in [9.17, 15) is 37.8 Å². The number of aryl methyl sites for hydroxylation is 1. The van der Waals surface area contributed by atoms with Crippen molar-refractivity contribution in [3.05, 3.63) is 122 Å². The van der Waals surface area contributed by atoms with Crippen LogP contribution in [0.3, 0.4) is 0 Å². The molecule has 5 N–H and O–H groups in total. The number of hydrogen-bond acceptors (Lipinski definition) is 13. The van der Waals surface area contributed by atoms with Gasteiger partial charge in [-0.2, -0.15) is 5.10 Å². The Kier molecular flexibility index (Phi) is 20.9. The molecule has 3 aromatic carbocycles. The summed E-state index contributed by atoms with van der Waals surface area (Å²) >= 11 is 2.83. The number of carboxylic acid groups (broad SMARTS) is 1. The lowest BCUT2D eigenvalue weighted by Gasteiger charge is -2.41. The Morgan fingerprint density at radius 3 is 2.21 bits per heavy atom. The van der Waals surface area contributed by atoms with E-state index in [1.54, 1.807) is 28.2 Å². The van der Waals surface area contributed by atoms with Crippen LogP contribution in [0.15, 0.2) is 88.6 Å². The number of likely N-dealkylation sites (tertiary alicyclic amines) is 1. The minimum absolute atomic E-state index is 0.0382. The van der Waals surface area contributed by atoms with Crippen LogP contribution in [0.4, 0.5) is 0 Å². The molecule has 2 aliphatic rings. The Morgan fingerprint density at radius 1 is 0.840 bits per heavy atom. The number of unbranched alkanes of at least 4 members (excludes halogenated alkanes) is 7. The first-order chi connectivity index (χ1) is 38.8. The van der Waals surface area contributed by atoms with E-state index in [4.69, 9.17) is 5.10 Å². The lowest BCUT2D eigenvalue weighted by molar-refractivity contribution is -0.131. The van der Waals surface area contributed by atoms with Crippen molar-refractivity contribution < 1.29 is 37.8 Å². The molecule has 2 fully saturated rings. The van der Waals surface area contributed by atoms with Crippen molar-refractivity contribution in [3.63, 3.8) is 0 Å². The molecule has 3 atom stereocenters. The molecule has 3 amide bonds. The van der Waals surface area contributed by atoms with Gasteiger partial charge in [0.25, 0.3) is 0 Å². The van der Waals surface area contributed by atoms with E-state index in [2.05, 4.69) is 37.8 Å². The number of amides is 3. The fraction of sp³-hybridized carbons (Fsp3) is 0.468. The number of hydrogen-bond donors (Lipinski definition) is 5. The predicted molar refractivity (Wildman–Crippen MR) is 318 cm³/mol. The number of carbonyl (C=O) groups is 4. The van der Waals surface area contributed by atoms with Crippen molar-refractivity contribution in [1.29, 1.82) is 0 Å². The number of benzene rings is 3. The van der Waals surface area contributed by atoms with Gasteiger partial charge in [0, 0.05) is 84.1 Å². The third-order valence-corrected chi connectivity index (χ3v) is 17.6. The first-order valence-corrected chi connectivity index (χ1v) is 31.9. The monoisotopic (exact) mass is 1160 g/mol. The van der Waals surface area contributed by atoms with Gasteiger partial charge in [-0.3, -0.25) is 19.3 Å². The van der Waals surface area contributed by atoms with Gasteiger partial charge in [0.2, 0.25) is 22.9 Å². The predicted octanol–water partition coefficient (Wildman–Crippen LogP) is 10.1. The number of sulfone groups is 1. The maximum Gasteiger partial charge on any atom is 0.355 e. The van der Waals surface area contributed by atoms with Crippen molar-refractivity contribution in [2.45, 2.75) is 160 Å². The van der Waals surface area contributed by atoms with E-state index < -0.39 is 39.5 Å². The first kappa shape index (κ1) is 60.5. The van der Waals surface area contributed by atoms with Crippen LogP contribution in [-0.2, 0) is 43.6 Å². The van der Waals surface area contributed by atoms with Gasteiger partial charge in [-0.25, -0.2) is 27.9 Å². The number of nitrogens with one attached hydrogen (secondary N) is 3. The summed E-state index contributed by atoms with van der Waals surface area (Å²) in [5, 5.41) is 36.9. The molecule has 1 aliphatic carbocycles. The lowest BCUT2D eigenvalue weighted by Crippen LogP contribution is -2.59. The number of β-amino-alcohol motifs (C(OH)–C–C–N with tert-alkyl or cyclic N) is 1. The van der Waals surface area contributed by atoms with Crippen LogP contribution < -0.4 is 16.0 Å². The molecular weight excluding hydrogens is 1080 g/mol. The van der Waals surface area contributed by atoms with Crippen LogP contribution in [0.2, 0.25) is 0 Å². The highest BCUT2D eigenvalue weighted by Gasteiger charge is 2.44. The quantitative estimate of drug-likeness (QED) is 0.0240. The zero-order valence-corrected chi connectivity index (χ0v) is 49.6. The number of aromatic carboxylic acids is 1. The second kappa shape index (κ2) is 27.9. The summed E-state index contributed by atoms with van der Waals surface area (Å²) in [5.74, 6) is 5.79. The van der Waals surface area contributed by atoms with Crippen molar-refractivity contribution in [2.75, 3.05) is 19.3 Å². The molecule has 1 aliphatic heterocycles. The number of nitrogens with zero attached hydrogens (tertiary/aromatic N) is 5. The lowest BCUT2D eigenvalue weighted by atomic mass is 9.90. The molecular formula is C62H76N8O8S3. The highest BCUT2D eigenvalue weighted by atomic mass is 32.2. The van der Waals surface area contributed by atoms with Crippen LogP contribution in [0.1, 0.15) is 154 Å². The second-order valence-electron chi connectivity index (χ2n) is 22.7. The van der Waals surface area contributed by atoms with E-state index in [-0.39, 0.29) is 28.3 Å². The minimum atomic E-state index is -3.36. The van der Waals surface area contributed by atoms with Crippen molar-refractivity contribution in [1.82, 2.24) is 40.6 Å². The SMILES string of the molecule is Cc1scnc1-c1cccc(CNC(=O)[C@@H]2C[C@@H](O)CN2[C@H](NC(=O)CCCCCCCCC(=O)NCCCCC#Cc2cccc(-c3nn(-c4nc(C(=O)O)cs4)c(CC4CC4)c3Cc3ccc(S(C)(=O)=O)cc3)c2)C(C)(C)C)c1. The van der Waals surface area contributed by atoms with E-state index >= 15 is 0 Å². The Balaban J connectivity index is 0.733. The van der Waals surface area contributed by atoms with Gasteiger partial charge >= 0.3 is 5.97 Å². The standard InChI is InChI=1S/C62H76N8O8S3/c1-41-56(65-40-80-41)46-21-17-20-45(33-46)37-64-58(74)53-36-48(71)38-69(53)60(62(2,3)4)67-55(73)24-14-9-7-6-8-13-23-54(72)63-31-15-11-10-12-18-42-19-16-22-47(32-42)57-50(34-43-27-29-49(30-28-43)81(5,77)78)52(35-44-25-26-44)70(68-57)61-66-51(39-79-61)59(75)76/h16-17,19-22,27-30,32-33,39-40,44,48,53,60,71H,6-11,13-15,23-26,31,34-38H2,1-5H3,(H,63,72)(H,64,74)(H,67,73)(H,75,76)/t48-,53+,60+/m1/s1. The highest BCUT2D eigenvalue weighted by Crippen LogP contribution is 2.39.